The van der Waals surface area contributed by atoms with Crippen LogP contribution in [-0.4, -0.2) is 92.7 Å². The average Bonchev–Trinajstić information content (AvgIpc) is 3.33. The van der Waals surface area contributed by atoms with E-state index in [4.69, 9.17) is 22.3 Å². The standard InChI is InChI=1S/C26H38N8O8/c1-13(35)21(34-22(38)16(27)8-9-20(36)37)24(40)33-19(11-14-12-31-17-6-3-2-5-15(14)17)23(39)32-18(25(41)42)7-4-10-30-26(28)29/h2-3,5-6,12-13,16,18-19,21,31,35H,4,7-11,27H2,1H3,(H,32,39)(H,33,40)(H,34,38)(H,36,37)(H,41,42)(H4,28,29,30). The van der Waals surface area contributed by atoms with Crippen LogP contribution in [0.25, 0.3) is 10.9 Å². The molecule has 0 saturated carbocycles. The molecule has 0 aliphatic rings. The molecule has 2 aromatic rings. The molecule has 0 aliphatic heterocycles. The van der Waals surface area contributed by atoms with Gasteiger partial charge >= 0.3 is 11.9 Å². The zero-order chi connectivity index (χ0) is 31.4. The molecule has 0 bridgehead atoms. The fourth-order valence-corrected chi connectivity index (χ4v) is 4.10. The number of amides is 3. The number of aromatic amines is 1. The molecule has 5 atom stereocenters. The number of hydrogen-bond donors (Lipinski definition) is 10. The lowest BCUT2D eigenvalue weighted by Crippen LogP contribution is -2.60. The van der Waals surface area contributed by atoms with Gasteiger partial charge in [0.25, 0.3) is 0 Å². The highest BCUT2D eigenvalue weighted by Gasteiger charge is 2.33. The number of nitrogens with two attached hydrogens (primary N) is 3. The summed E-state index contributed by atoms with van der Waals surface area (Å²) < 4.78 is 0. The van der Waals surface area contributed by atoms with Crippen molar-refractivity contribution in [2.75, 3.05) is 6.54 Å². The second kappa shape index (κ2) is 15.9. The second-order valence-corrected chi connectivity index (χ2v) is 9.74. The molecule has 16 nitrogen and oxygen atoms in total. The molecule has 0 aliphatic carbocycles. The van der Waals surface area contributed by atoms with E-state index in [1.807, 2.05) is 12.1 Å². The first kappa shape index (κ1) is 33.5. The zero-order valence-corrected chi connectivity index (χ0v) is 23.1. The molecular formula is C26H38N8O8. The summed E-state index contributed by atoms with van der Waals surface area (Å²) in [6.45, 7) is 1.38. The predicted molar refractivity (Wildman–Crippen MR) is 152 cm³/mol. The molecule has 0 radical (unpaired) electrons. The molecule has 0 saturated heterocycles. The minimum atomic E-state index is -1.55. The Labute approximate surface area is 241 Å². The van der Waals surface area contributed by atoms with E-state index in [1.54, 1.807) is 18.3 Å². The lowest BCUT2D eigenvalue weighted by molar-refractivity contribution is -0.142. The van der Waals surface area contributed by atoms with Crippen LogP contribution in [0.15, 0.2) is 35.5 Å². The third-order valence-electron chi connectivity index (χ3n) is 6.36. The number of aliphatic hydroxyl groups excluding tert-OH is 1. The number of fused-ring (bicyclic) bond motifs is 1. The van der Waals surface area contributed by atoms with Crippen LogP contribution in [0.1, 0.15) is 38.2 Å². The first-order valence-electron chi connectivity index (χ1n) is 13.2. The minimum Gasteiger partial charge on any atom is -0.481 e. The van der Waals surface area contributed by atoms with Gasteiger partial charge in [0.15, 0.2) is 5.96 Å². The van der Waals surface area contributed by atoms with Gasteiger partial charge in [-0.15, -0.1) is 0 Å². The van der Waals surface area contributed by atoms with Crippen molar-refractivity contribution in [2.45, 2.75) is 69.3 Å². The molecule has 0 fully saturated rings. The van der Waals surface area contributed by atoms with E-state index in [2.05, 4.69) is 25.9 Å². The number of nitrogens with zero attached hydrogens (tertiary/aromatic N) is 1. The van der Waals surface area contributed by atoms with Crippen molar-refractivity contribution >= 4 is 46.5 Å². The zero-order valence-electron chi connectivity index (χ0n) is 23.1. The molecule has 13 N–H and O–H groups in total. The summed E-state index contributed by atoms with van der Waals surface area (Å²) in [6.07, 6.45) is -0.208. The van der Waals surface area contributed by atoms with Crippen molar-refractivity contribution in [3.63, 3.8) is 0 Å². The molecule has 1 aromatic carbocycles. The Morgan fingerprint density at radius 2 is 1.62 bits per heavy atom. The van der Waals surface area contributed by atoms with Crippen LogP contribution in [0.2, 0.25) is 0 Å². The monoisotopic (exact) mass is 590 g/mol. The van der Waals surface area contributed by atoms with E-state index in [0.29, 0.717) is 5.56 Å². The Hall–Kier alpha value is -4.70. The van der Waals surface area contributed by atoms with E-state index in [-0.39, 0.29) is 44.6 Å². The number of aliphatic hydroxyl groups is 1. The van der Waals surface area contributed by atoms with Crippen molar-refractivity contribution in [1.82, 2.24) is 20.9 Å². The van der Waals surface area contributed by atoms with E-state index >= 15 is 0 Å². The Morgan fingerprint density at radius 1 is 0.952 bits per heavy atom. The predicted octanol–water partition coefficient (Wildman–Crippen LogP) is -2.12. The number of carboxylic acids is 2. The molecule has 1 heterocycles. The highest BCUT2D eigenvalue weighted by atomic mass is 16.4. The van der Waals surface area contributed by atoms with Crippen LogP contribution in [0.5, 0.6) is 0 Å². The molecule has 1 aromatic heterocycles. The highest BCUT2D eigenvalue weighted by molar-refractivity contribution is 5.95. The summed E-state index contributed by atoms with van der Waals surface area (Å²) in [5.41, 5.74) is 17.7. The molecule has 2 rings (SSSR count). The topological polar surface area (TPSA) is 288 Å². The summed E-state index contributed by atoms with van der Waals surface area (Å²) in [6, 6.07) is 1.75. The smallest absolute Gasteiger partial charge is 0.326 e. The number of aliphatic imine (C=N–C) groups is 1. The van der Waals surface area contributed by atoms with Crippen LogP contribution in [-0.2, 0) is 30.4 Å². The largest absolute Gasteiger partial charge is 0.481 e. The molecule has 3 amide bonds. The highest BCUT2D eigenvalue weighted by Crippen LogP contribution is 2.19. The maximum atomic E-state index is 13.4. The number of guanidine groups is 1. The van der Waals surface area contributed by atoms with Crippen molar-refractivity contribution in [3.05, 3.63) is 36.0 Å². The number of H-pyrrole nitrogens is 1. The summed E-state index contributed by atoms with van der Waals surface area (Å²) in [5, 5.41) is 36.7. The van der Waals surface area contributed by atoms with Crippen molar-refractivity contribution in [1.29, 1.82) is 0 Å². The van der Waals surface area contributed by atoms with E-state index in [0.717, 1.165) is 10.9 Å². The Kier molecular flexibility index (Phi) is 12.7. The number of rotatable bonds is 17. The van der Waals surface area contributed by atoms with Crippen LogP contribution in [0.4, 0.5) is 0 Å². The third kappa shape index (κ3) is 10.4. The number of nitrogens with one attached hydrogen (secondary N) is 4. The van der Waals surface area contributed by atoms with Gasteiger partial charge in [0, 0.05) is 36.5 Å². The number of carbonyl (C=O) groups excluding carboxylic acids is 3. The minimum absolute atomic E-state index is 0.00775. The molecule has 16 heteroatoms. The molecular weight excluding hydrogens is 552 g/mol. The number of carbonyl (C=O) groups is 5. The summed E-state index contributed by atoms with van der Waals surface area (Å²) in [5.74, 6) is -5.27. The fraction of sp³-hybridized carbons (Fsp3) is 0.462. The maximum absolute atomic E-state index is 13.4. The van der Waals surface area contributed by atoms with Gasteiger partial charge in [-0.3, -0.25) is 24.2 Å². The van der Waals surface area contributed by atoms with Crippen molar-refractivity contribution in [2.24, 2.45) is 22.2 Å². The van der Waals surface area contributed by atoms with Crippen molar-refractivity contribution < 1.29 is 39.3 Å². The SMILES string of the molecule is CC(O)C(NC(=O)C(N)CCC(=O)O)C(=O)NC(Cc1c[nH]c2ccccc12)C(=O)NC(CCCN=C(N)N)C(=O)O. The summed E-state index contributed by atoms with van der Waals surface area (Å²) in [7, 11) is 0. The van der Waals surface area contributed by atoms with Crippen LogP contribution < -0.4 is 33.2 Å². The fourth-order valence-electron chi connectivity index (χ4n) is 4.10. The number of carboxylic acid groups (broad SMARTS) is 2. The second-order valence-electron chi connectivity index (χ2n) is 9.74. The van der Waals surface area contributed by atoms with E-state index in [1.165, 1.54) is 6.92 Å². The first-order valence-corrected chi connectivity index (χ1v) is 13.2. The normalized spacial score (nSPS) is 14.5. The van der Waals surface area contributed by atoms with Crippen LogP contribution in [0.3, 0.4) is 0 Å². The maximum Gasteiger partial charge on any atom is 0.326 e. The average molecular weight is 591 g/mol. The van der Waals surface area contributed by atoms with Gasteiger partial charge in [-0.1, -0.05) is 18.2 Å². The van der Waals surface area contributed by atoms with Gasteiger partial charge in [-0.25, -0.2) is 4.79 Å². The number of para-hydroxylation sites is 1. The number of aromatic nitrogens is 1. The number of aliphatic carboxylic acids is 2. The van der Waals surface area contributed by atoms with E-state index < -0.39 is 59.9 Å². The van der Waals surface area contributed by atoms with Crippen LogP contribution in [0, 0.1) is 0 Å². The number of benzene rings is 1. The van der Waals surface area contributed by atoms with E-state index in [9.17, 15) is 34.2 Å². The molecule has 5 unspecified atom stereocenters. The summed E-state index contributed by atoms with van der Waals surface area (Å²) >= 11 is 0. The quantitative estimate of drug-likeness (QED) is 0.0539. The van der Waals surface area contributed by atoms with Gasteiger partial charge in [0.05, 0.1) is 12.1 Å². The lowest BCUT2D eigenvalue weighted by atomic mass is 10.0. The van der Waals surface area contributed by atoms with Gasteiger partial charge in [0.1, 0.15) is 18.1 Å². The molecule has 42 heavy (non-hydrogen) atoms. The number of hydrogen-bond acceptors (Lipinski definition) is 8. The Balaban J connectivity index is 2.26. The lowest BCUT2D eigenvalue weighted by Gasteiger charge is -2.26. The van der Waals surface area contributed by atoms with Gasteiger partial charge in [-0.2, -0.15) is 0 Å². The van der Waals surface area contributed by atoms with Gasteiger partial charge in [-0.05, 0) is 37.8 Å². The van der Waals surface area contributed by atoms with Crippen molar-refractivity contribution in [3.8, 4) is 0 Å². The summed E-state index contributed by atoms with van der Waals surface area (Å²) in [4.78, 5) is 68.6. The Bertz CT molecular complexity index is 1290. The van der Waals surface area contributed by atoms with Gasteiger partial charge in [0.2, 0.25) is 17.7 Å². The Morgan fingerprint density at radius 3 is 2.24 bits per heavy atom. The first-order chi connectivity index (χ1) is 19.8. The molecule has 0 spiro atoms. The van der Waals surface area contributed by atoms with Crippen LogP contribution >= 0.6 is 0 Å². The molecule has 230 valence electrons. The van der Waals surface area contributed by atoms with Gasteiger partial charge < -0.3 is 53.5 Å². The third-order valence-corrected chi connectivity index (χ3v) is 6.36.